The minimum atomic E-state index is -0.798. The number of hydrogen-bond acceptors (Lipinski definition) is 5. The van der Waals surface area contributed by atoms with Gasteiger partial charge in [0.2, 0.25) is 17.7 Å². The first-order chi connectivity index (χ1) is 13.9. The Bertz CT molecular complexity index is 874. The highest BCUT2D eigenvalue weighted by atomic mass is 79.9. The Morgan fingerprint density at radius 2 is 2.10 bits per heavy atom. The number of likely N-dealkylation sites (tertiary alicyclic amines) is 1. The Balaban J connectivity index is 1.74. The number of carbonyl (C=O) groups is 3. The zero-order valence-electron chi connectivity index (χ0n) is 15.6. The van der Waals surface area contributed by atoms with Gasteiger partial charge in [0.25, 0.3) is 0 Å². The lowest BCUT2D eigenvalue weighted by Crippen LogP contribution is -2.53. The lowest BCUT2D eigenvalue weighted by atomic mass is 9.70. The van der Waals surface area contributed by atoms with Crippen molar-refractivity contribution >= 4 is 62.7 Å². The van der Waals surface area contributed by atoms with Crippen LogP contribution in [0.3, 0.4) is 0 Å². The lowest BCUT2D eigenvalue weighted by molar-refractivity contribution is -0.139. The standard InChI is InChI=1S/C19H21BrClN3O4S/c1-22-16(26)12-13-18(28)24(6-7-25)15(19(13)8-9(20)14(12)29-19)17(27)23-11-5-3-2-4-10(11)21/h2-5,9,12-15,25H,6-8H2,1H3,(H,22,26)(H,23,27)/t9?,12-,13-,14-,15?,19?/m0/s1. The summed E-state index contributed by atoms with van der Waals surface area (Å²) in [7, 11) is 1.56. The number of rotatable bonds is 5. The molecule has 3 aliphatic heterocycles. The van der Waals surface area contributed by atoms with Crippen LogP contribution in [0.2, 0.25) is 5.02 Å². The van der Waals surface area contributed by atoms with Crippen molar-refractivity contribution in [3.8, 4) is 0 Å². The fourth-order valence-electron chi connectivity index (χ4n) is 5.01. The second-order valence-corrected chi connectivity index (χ2v) is 10.6. The van der Waals surface area contributed by atoms with Crippen LogP contribution in [0, 0.1) is 11.8 Å². The van der Waals surface area contributed by atoms with Gasteiger partial charge in [0.15, 0.2) is 0 Å². The largest absolute Gasteiger partial charge is 0.395 e. The molecule has 156 valence electrons. The number of hydrogen-bond donors (Lipinski definition) is 3. The molecule has 0 aromatic heterocycles. The molecule has 3 amide bonds. The third-order valence-corrected chi connectivity index (χ3v) is 9.61. The van der Waals surface area contributed by atoms with E-state index >= 15 is 0 Å². The molecule has 6 atom stereocenters. The molecule has 3 fully saturated rings. The highest BCUT2D eigenvalue weighted by Crippen LogP contribution is 2.67. The minimum Gasteiger partial charge on any atom is -0.395 e. The number of nitrogens with one attached hydrogen (secondary N) is 2. The number of halogens is 2. The van der Waals surface area contributed by atoms with Gasteiger partial charge in [-0.15, -0.1) is 11.8 Å². The number of aliphatic hydroxyl groups excluding tert-OH is 1. The van der Waals surface area contributed by atoms with Crippen LogP contribution >= 0.6 is 39.3 Å². The minimum absolute atomic E-state index is 0.0172. The van der Waals surface area contributed by atoms with Crippen LogP contribution in [0.4, 0.5) is 5.69 Å². The molecule has 1 aromatic carbocycles. The van der Waals surface area contributed by atoms with Crippen molar-refractivity contribution in [2.75, 3.05) is 25.5 Å². The van der Waals surface area contributed by atoms with Crippen LogP contribution in [0.25, 0.3) is 0 Å². The second kappa shape index (κ2) is 7.76. The number of thioether (sulfide) groups is 1. The lowest BCUT2D eigenvalue weighted by Gasteiger charge is -2.35. The second-order valence-electron chi connectivity index (χ2n) is 7.50. The molecule has 2 bridgehead atoms. The van der Waals surface area contributed by atoms with E-state index < -0.39 is 22.6 Å². The van der Waals surface area contributed by atoms with E-state index in [2.05, 4.69) is 26.6 Å². The van der Waals surface area contributed by atoms with Gasteiger partial charge in [-0.1, -0.05) is 39.7 Å². The maximum atomic E-state index is 13.4. The number of fused-ring (bicyclic) bond motifs is 1. The highest BCUT2D eigenvalue weighted by molar-refractivity contribution is 9.09. The number of carbonyl (C=O) groups excluding carboxylic acids is 3. The Morgan fingerprint density at radius 3 is 2.76 bits per heavy atom. The van der Waals surface area contributed by atoms with E-state index in [1.54, 1.807) is 43.1 Å². The van der Waals surface area contributed by atoms with Crippen molar-refractivity contribution in [2.45, 2.75) is 27.3 Å². The first-order valence-corrected chi connectivity index (χ1v) is 11.5. The SMILES string of the molecule is CNC(=O)[C@H]1[C@H]2C(=O)N(CCO)C(C(=O)Nc3ccccc3Cl)C23CC(Br)[C@@H]1S3. The molecule has 3 unspecified atom stereocenters. The van der Waals surface area contributed by atoms with Crippen LogP contribution < -0.4 is 10.6 Å². The van der Waals surface area contributed by atoms with E-state index in [0.29, 0.717) is 17.1 Å². The summed E-state index contributed by atoms with van der Waals surface area (Å²) < 4.78 is -0.729. The maximum absolute atomic E-state index is 13.4. The van der Waals surface area contributed by atoms with Crippen molar-refractivity contribution in [3.05, 3.63) is 29.3 Å². The van der Waals surface area contributed by atoms with Crippen molar-refractivity contribution in [3.63, 3.8) is 0 Å². The molecular weight excluding hydrogens is 482 g/mol. The molecule has 1 spiro atoms. The molecule has 0 radical (unpaired) electrons. The van der Waals surface area contributed by atoms with E-state index in [9.17, 15) is 19.5 Å². The van der Waals surface area contributed by atoms with Crippen LogP contribution in [-0.4, -0.2) is 68.8 Å². The summed E-state index contributed by atoms with van der Waals surface area (Å²) in [5.74, 6) is -1.91. The molecule has 29 heavy (non-hydrogen) atoms. The normalized spacial score (nSPS) is 35.0. The summed E-state index contributed by atoms with van der Waals surface area (Å²) in [6.07, 6.45) is 0.592. The average Bonchev–Trinajstić information content (AvgIpc) is 3.27. The van der Waals surface area contributed by atoms with E-state index in [0.717, 1.165) is 0 Å². The van der Waals surface area contributed by atoms with Crippen molar-refractivity contribution in [1.82, 2.24) is 10.2 Å². The zero-order chi connectivity index (χ0) is 20.9. The summed E-state index contributed by atoms with van der Waals surface area (Å²) in [5.41, 5.74) is 0.464. The molecule has 3 saturated heterocycles. The number of nitrogens with zero attached hydrogens (tertiary/aromatic N) is 1. The molecule has 3 N–H and O–H groups in total. The molecule has 4 rings (SSSR count). The van der Waals surface area contributed by atoms with Gasteiger partial charge in [-0.05, 0) is 18.6 Å². The van der Waals surface area contributed by atoms with E-state index in [-0.39, 0.29) is 41.0 Å². The topological polar surface area (TPSA) is 98.7 Å². The van der Waals surface area contributed by atoms with Gasteiger partial charge in [0, 0.05) is 23.7 Å². The van der Waals surface area contributed by atoms with Crippen molar-refractivity contribution in [1.29, 1.82) is 0 Å². The number of benzene rings is 1. The average molecular weight is 503 g/mol. The van der Waals surface area contributed by atoms with Gasteiger partial charge in [-0.25, -0.2) is 0 Å². The van der Waals surface area contributed by atoms with Crippen LogP contribution in [0.5, 0.6) is 0 Å². The third kappa shape index (κ3) is 3.08. The summed E-state index contributed by atoms with van der Waals surface area (Å²) in [6, 6.07) is 6.10. The Morgan fingerprint density at radius 1 is 1.38 bits per heavy atom. The summed E-state index contributed by atoms with van der Waals surface area (Å²) >= 11 is 11.4. The van der Waals surface area contributed by atoms with Crippen LogP contribution in [0.15, 0.2) is 24.3 Å². The molecule has 0 aliphatic carbocycles. The molecular formula is C19H21BrClN3O4S. The van der Waals surface area contributed by atoms with E-state index in [4.69, 9.17) is 11.6 Å². The first kappa shape index (κ1) is 21.0. The molecule has 10 heteroatoms. The number of anilines is 1. The van der Waals surface area contributed by atoms with Gasteiger partial charge in [-0.3, -0.25) is 14.4 Å². The Kier molecular flexibility index (Phi) is 5.61. The third-order valence-electron chi connectivity index (χ3n) is 6.06. The maximum Gasteiger partial charge on any atom is 0.248 e. The zero-order valence-corrected chi connectivity index (χ0v) is 18.8. The number of aliphatic hydroxyl groups is 1. The quantitative estimate of drug-likeness (QED) is 0.530. The van der Waals surface area contributed by atoms with Crippen molar-refractivity contribution < 1.29 is 19.5 Å². The Labute approximate surface area is 186 Å². The number of β-amino-alcohol motifs (C(OH)–C–C–N with tert-alkyl or cyclic N) is 1. The molecule has 7 nitrogen and oxygen atoms in total. The molecule has 3 heterocycles. The summed E-state index contributed by atoms with van der Waals surface area (Å²) in [5, 5.41) is 15.4. The van der Waals surface area contributed by atoms with Crippen molar-refractivity contribution in [2.24, 2.45) is 11.8 Å². The predicted octanol–water partition coefficient (Wildman–Crippen LogP) is 1.48. The Hall–Kier alpha value is -1.29. The van der Waals surface area contributed by atoms with E-state index in [1.807, 2.05) is 0 Å². The molecule has 1 aromatic rings. The summed E-state index contributed by atoms with van der Waals surface area (Å²) in [6.45, 7) is -0.225. The summed E-state index contributed by atoms with van der Waals surface area (Å²) in [4.78, 5) is 40.8. The van der Waals surface area contributed by atoms with Gasteiger partial charge in [0.1, 0.15) is 6.04 Å². The predicted molar refractivity (Wildman–Crippen MR) is 115 cm³/mol. The number of amides is 3. The van der Waals surface area contributed by atoms with Gasteiger partial charge in [-0.2, -0.15) is 0 Å². The van der Waals surface area contributed by atoms with Crippen LogP contribution in [0.1, 0.15) is 6.42 Å². The van der Waals surface area contributed by atoms with Crippen LogP contribution in [-0.2, 0) is 14.4 Å². The smallest absolute Gasteiger partial charge is 0.248 e. The number of alkyl halides is 1. The molecule has 0 saturated carbocycles. The molecule has 3 aliphatic rings. The number of para-hydroxylation sites is 1. The fraction of sp³-hybridized carbons (Fsp3) is 0.526. The van der Waals surface area contributed by atoms with Gasteiger partial charge in [0.05, 0.1) is 33.9 Å². The first-order valence-electron chi connectivity index (χ1n) is 9.36. The highest BCUT2D eigenvalue weighted by Gasteiger charge is 2.75. The fourth-order valence-corrected chi connectivity index (χ4v) is 8.80. The monoisotopic (exact) mass is 501 g/mol. The van der Waals surface area contributed by atoms with Gasteiger partial charge >= 0.3 is 0 Å². The van der Waals surface area contributed by atoms with E-state index in [1.165, 1.54) is 4.90 Å². The van der Waals surface area contributed by atoms with Gasteiger partial charge < -0.3 is 20.6 Å².